The molecule has 2 N–H and O–H groups in total. The van der Waals surface area contributed by atoms with Crippen molar-refractivity contribution in [2.45, 2.75) is 50.5 Å². The topological polar surface area (TPSA) is 59.0 Å². The summed E-state index contributed by atoms with van der Waals surface area (Å²) in [4.78, 5) is 17.3. The van der Waals surface area contributed by atoms with Crippen molar-refractivity contribution in [3.63, 3.8) is 0 Å². The van der Waals surface area contributed by atoms with Gasteiger partial charge in [0, 0.05) is 46.8 Å². The zero-order chi connectivity index (χ0) is 28.6. The molecule has 0 bridgehead atoms. The second-order valence-corrected chi connectivity index (χ2v) is 10.6. The molecule has 210 valence electrons. The second kappa shape index (κ2) is 10.9. The van der Waals surface area contributed by atoms with Crippen LogP contribution in [0, 0.1) is 5.82 Å². The molecule has 0 aliphatic heterocycles. The van der Waals surface area contributed by atoms with Crippen molar-refractivity contribution in [3.8, 4) is 0 Å². The van der Waals surface area contributed by atoms with Crippen LogP contribution in [0.25, 0.3) is 21.8 Å². The van der Waals surface area contributed by atoms with Crippen LogP contribution in [-0.2, 0) is 12.7 Å². The van der Waals surface area contributed by atoms with Crippen LogP contribution in [-0.4, -0.2) is 27.5 Å². The maximum absolute atomic E-state index is 13.5. The lowest BCUT2D eigenvalue weighted by atomic mass is 9.90. The van der Waals surface area contributed by atoms with Crippen LogP contribution in [0.3, 0.4) is 0 Å². The van der Waals surface area contributed by atoms with Crippen molar-refractivity contribution in [3.05, 3.63) is 108 Å². The van der Waals surface area contributed by atoms with Crippen molar-refractivity contribution >= 4 is 33.4 Å². The predicted octanol–water partition coefficient (Wildman–Crippen LogP) is 7.55. The van der Waals surface area contributed by atoms with Crippen LogP contribution < -0.4 is 10.6 Å². The van der Waals surface area contributed by atoms with Gasteiger partial charge in [-0.05, 0) is 61.6 Å². The number of carbonyl (C=O) groups is 1. The Morgan fingerprint density at radius 2 is 1.63 bits per heavy atom. The number of nitrogens with one attached hydrogen (secondary N) is 2. The average Bonchev–Trinajstić information content (AvgIpc) is 3.32. The Balaban J connectivity index is 1.20. The molecule has 1 saturated carbocycles. The molecular weight excluding hydrogens is 532 g/mol. The van der Waals surface area contributed by atoms with E-state index in [1.54, 1.807) is 36.4 Å². The number of nitrogens with zero attached hydrogens (tertiary/aromatic N) is 2. The summed E-state index contributed by atoms with van der Waals surface area (Å²) >= 11 is 0. The number of fused-ring (bicyclic) bond motifs is 2. The number of rotatable bonds is 6. The lowest BCUT2D eigenvalue weighted by molar-refractivity contribution is -0.140. The minimum atomic E-state index is -4.56. The highest BCUT2D eigenvalue weighted by molar-refractivity contribution is 6.07. The Kier molecular flexibility index (Phi) is 7.11. The quantitative estimate of drug-likeness (QED) is 0.211. The number of halogens is 4. The van der Waals surface area contributed by atoms with E-state index in [9.17, 15) is 22.4 Å². The van der Waals surface area contributed by atoms with Gasteiger partial charge in [-0.15, -0.1) is 0 Å². The third kappa shape index (κ3) is 5.75. The van der Waals surface area contributed by atoms with E-state index < -0.39 is 11.9 Å². The Labute approximate surface area is 234 Å². The fourth-order valence-electron chi connectivity index (χ4n) is 5.72. The summed E-state index contributed by atoms with van der Waals surface area (Å²) in [5, 5.41) is 7.93. The van der Waals surface area contributed by atoms with E-state index in [2.05, 4.69) is 15.6 Å². The van der Waals surface area contributed by atoms with Crippen LogP contribution in [0.5, 0.6) is 0 Å². The number of para-hydroxylation sites is 2. The van der Waals surface area contributed by atoms with E-state index in [0.29, 0.717) is 29.6 Å². The first kappa shape index (κ1) is 26.8. The van der Waals surface area contributed by atoms with Crippen molar-refractivity contribution in [1.82, 2.24) is 14.9 Å². The molecule has 0 spiro atoms. The Morgan fingerprint density at radius 1 is 0.927 bits per heavy atom. The summed E-state index contributed by atoms with van der Waals surface area (Å²) in [5.74, 6) is -0.497. The molecule has 9 heteroatoms. The molecule has 2 aromatic heterocycles. The molecular formula is C32H28F4N4O. The maximum atomic E-state index is 13.5. The van der Waals surface area contributed by atoms with Gasteiger partial charge in [0.15, 0.2) is 0 Å². The van der Waals surface area contributed by atoms with Crippen LogP contribution in [0.1, 0.15) is 47.3 Å². The van der Waals surface area contributed by atoms with Gasteiger partial charge in [-0.3, -0.25) is 4.79 Å². The lowest BCUT2D eigenvalue weighted by Crippen LogP contribution is -2.41. The Morgan fingerprint density at radius 3 is 2.41 bits per heavy atom. The van der Waals surface area contributed by atoms with Crippen molar-refractivity contribution < 1.29 is 22.4 Å². The van der Waals surface area contributed by atoms with Crippen LogP contribution in [0.2, 0.25) is 0 Å². The van der Waals surface area contributed by atoms with Gasteiger partial charge in [-0.2, -0.15) is 13.2 Å². The molecule has 5 nitrogen and oxygen atoms in total. The molecule has 1 aliphatic rings. The van der Waals surface area contributed by atoms with E-state index >= 15 is 0 Å². The molecule has 41 heavy (non-hydrogen) atoms. The van der Waals surface area contributed by atoms with Crippen LogP contribution in [0.4, 0.5) is 23.2 Å². The van der Waals surface area contributed by atoms with Crippen molar-refractivity contribution in [1.29, 1.82) is 0 Å². The number of carbonyl (C=O) groups excluding carboxylic acids is 1. The van der Waals surface area contributed by atoms with Gasteiger partial charge < -0.3 is 15.2 Å². The Bertz CT molecular complexity index is 1710. The highest BCUT2D eigenvalue weighted by atomic mass is 19.4. The molecule has 5 aromatic rings. The first-order chi connectivity index (χ1) is 19.7. The fraction of sp³-hybridized carbons (Fsp3) is 0.250. The molecule has 1 aliphatic carbocycles. The van der Waals surface area contributed by atoms with Gasteiger partial charge in [-0.1, -0.05) is 48.5 Å². The first-order valence-electron chi connectivity index (χ1n) is 13.6. The van der Waals surface area contributed by atoms with Crippen LogP contribution in [0.15, 0.2) is 85.1 Å². The molecule has 0 saturated heterocycles. The smallest absolute Gasteiger partial charge is 0.382 e. The standard InChI is InChI=1S/C32H28F4N4O/c33-21-14-12-20(13-15-21)18-40-19-26(24-8-2-4-11-29(24)40)31(41)38-23-7-5-6-22(16-23)37-28-17-30(32(34,35)36)39-27-10-3-1-9-25(27)28/h1-4,8-15,17,19,22-23H,5-7,16,18H2,(H,37,39)(H,38,41)/t22-,23+/m0/s1. The third-order valence-corrected chi connectivity index (χ3v) is 7.68. The van der Waals surface area contributed by atoms with Gasteiger partial charge in [-0.25, -0.2) is 9.37 Å². The van der Waals surface area contributed by atoms with Crippen molar-refractivity contribution in [2.24, 2.45) is 0 Å². The van der Waals surface area contributed by atoms with Gasteiger partial charge >= 0.3 is 6.18 Å². The average molecular weight is 561 g/mol. The Hall–Kier alpha value is -4.40. The van der Waals surface area contributed by atoms with Crippen molar-refractivity contribution in [2.75, 3.05) is 5.32 Å². The summed E-state index contributed by atoms with van der Waals surface area (Å²) in [5.41, 5.74) is 2.10. The normalized spacial score (nSPS) is 17.6. The number of hydrogen-bond acceptors (Lipinski definition) is 3. The van der Waals surface area contributed by atoms with E-state index in [4.69, 9.17) is 0 Å². The summed E-state index contributed by atoms with van der Waals surface area (Å²) in [6.45, 7) is 0.489. The zero-order valence-corrected chi connectivity index (χ0v) is 22.1. The molecule has 6 rings (SSSR count). The first-order valence-corrected chi connectivity index (χ1v) is 13.6. The van der Waals surface area contributed by atoms with E-state index in [-0.39, 0.29) is 29.3 Å². The summed E-state index contributed by atoms with van der Waals surface area (Å²) in [7, 11) is 0. The highest BCUT2D eigenvalue weighted by Gasteiger charge is 2.34. The molecule has 1 fully saturated rings. The SMILES string of the molecule is O=C(N[C@@H]1CCC[C@H](Nc2cc(C(F)(F)F)nc3ccccc23)C1)c1cn(Cc2ccc(F)cc2)c2ccccc12. The predicted molar refractivity (Wildman–Crippen MR) is 151 cm³/mol. The molecule has 0 radical (unpaired) electrons. The number of aromatic nitrogens is 2. The second-order valence-electron chi connectivity index (χ2n) is 10.6. The van der Waals surface area contributed by atoms with Gasteiger partial charge in [0.05, 0.1) is 11.1 Å². The highest BCUT2D eigenvalue weighted by Crippen LogP contribution is 2.34. The van der Waals surface area contributed by atoms with E-state index in [0.717, 1.165) is 41.8 Å². The number of pyridine rings is 1. The minimum Gasteiger partial charge on any atom is -0.382 e. The third-order valence-electron chi connectivity index (χ3n) is 7.68. The number of alkyl halides is 3. The maximum Gasteiger partial charge on any atom is 0.433 e. The molecule has 2 heterocycles. The molecule has 0 unspecified atom stereocenters. The number of hydrogen-bond donors (Lipinski definition) is 2. The minimum absolute atomic E-state index is 0.110. The zero-order valence-electron chi connectivity index (χ0n) is 22.1. The molecule has 2 atom stereocenters. The van der Waals surface area contributed by atoms with Gasteiger partial charge in [0.25, 0.3) is 5.91 Å². The van der Waals surface area contributed by atoms with E-state index in [1.165, 1.54) is 12.1 Å². The van der Waals surface area contributed by atoms with Gasteiger partial charge in [0.1, 0.15) is 11.5 Å². The fourth-order valence-corrected chi connectivity index (χ4v) is 5.72. The lowest BCUT2D eigenvalue weighted by Gasteiger charge is -2.31. The summed E-state index contributed by atoms with van der Waals surface area (Å²) in [6, 6.07) is 21.5. The summed E-state index contributed by atoms with van der Waals surface area (Å²) in [6.07, 6.45) is 0.232. The molecule has 1 amide bonds. The van der Waals surface area contributed by atoms with Gasteiger partial charge in [0.2, 0.25) is 0 Å². The molecule has 3 aromatic carbocycles. The largest absolute Gasteiger partial charge is 0.433 e. The number of benzene rings is 3. The monoisotopic (exact) mass is 560 g/mol. The number of anilines is 1. The summed E-state index contributed by atoms with van der Waals surface area (Å²) < 4.78 is 56.0. The van der Waals surface area contributed by atoms with Crippen LogP contribution >= 0.6 is 0 Å². The van der Waals surface area contributed by atoms with E-state index in [1.807, 2.05) is 35.0 Å². The number of amides is 1.